The zero-order chi connectivity index (χ0) is 12.5. The summed E-state index contributed by atoms with van der Waals surface area (Å²) >= 11 is 0. The molecular weight excluding hydrogens is 224 g/mol. The largest absolute Gasteiger partial charge is 0.398 e. The summed E-state index contributed by atoms with van der Waals surface area (Å²) < 4.78 is 0. The van der Waals surface area contributed by atoms with Crippen LogP contribution in [0.4, 0.5) is 5.69 Å². The minimum absolute atomic E-state index is 0.327. The fraction of sp³-hybridized carbons (Fsp3) is 0.533. The molecule has 1 aliphatic heterocycles. The van der Waals surface area contributed by atoms with Gasteiger partial charge in [0.1, 0.15) is 0 Å². The maximum Gasteiger partial charge on any atom is 0.223 e. The van der Waals surface area contributed by atoms with Crippen LogP contribution in [0, 0.1) is 5.92 Å². The Morgan fingerprint density at radius 3 is 2.94 bits per heavy atom. The van der Waals surface area contributed by atoms with E-state index in [1.165, 1.54) is 30.4 Å². The number of nitrogens with zero attached hydrogens (tertiary/aromatic N) is 1. The van der Waals surface area contributed by atoms with Crippen LogP contribution in [-0.4, -0.2) is 17.4 Å². The van der Waals surface area contributed by atoms with E-state index in [1.807, 2.05) is 17.0 Å². The zero-order valence-corrected chi connectivity index (χ0v) is 10.7. The van der Waals surface area contributed by atoms with Gasteiger partial charge in [-0.3, -0.25) is 4.79 Å². The minimum atomic E-state index is 0.327. The first-order valence-electron chi connectivity index (χ1n) is 6.88. The molecule has 0 atom stereocenters. The van der Waals surface area contributed by atoms with Crippen molar-refractivity contribution in [2.45, 2.75) is 38.6 Å². The van der Waals surface area contributed by atoms with Crippen molar-refractivity contribution in [1.82, 2.24) is 4.90 Å². The van der Waals surface area contributed by atoms with Gasteiger partial charge in [0.15, 0.2) is 0 Å². The third-order valence-electron chi connectivity index (χ3n) is 4.34. The highest BCUT2D eigenvalue weighted by atomic mass is 16.2. The van der Waals surface area contributed by atoms with Gasteiger partial charge >= 0.3 is 0 Å². The van der Waals surface area contributed by atoms with E-state index < -0.39 is 0 Å². The molecule has 1 fully saturated rings. The fourth-order valence-electron chi connectivity index (χ4n) is 2.92. The van der Waals surface area contributed by atoms with E-state index in [2.05, 4.69) is 6.07 Å². The molecule has 0 unspecified atom stereocenters. The van der Waals surface area contributed by atoms with Gasteiger partial charge < -0.3 is 10.6 Å². The number of anilines is 1. The monoisotopic (exact) mass is 244 g/mol. The molecular formula is C15H20N2O. The van der Waals surface area contributed by atoms with Gasteiger partial charge in [0, 0.05) is 25.2 Å². The molecule has 0 aromatic heterocycles. The molecule has 0 saturated heterocycles. The van der Waals surface area contributed by atoms with Crippen molar-refractivity contribution in [3.05, 3.63) is 29.3 Å². The van der Waals surface area contributed by atoms with Crippen LogP contribution in [0.25, 0.3) is 0 Å². The van der Waals surface area contributed by atoms with E-state index in [0.717, 1.165) is 31.6 Å². The molecule has 0 bridgehead atoms. The van der Waals surface area contributed by atoms with Crippen LogP contribution < -0.4 is 5.73 Å². The van der Waals surface area contributed by atoms with Crippen molar-refractivity contribution in [1.29, 1.82) is 0 Å². The van der Waals surface area contributed by atoms with Crippen LogP contribution in [0.2, 0.25) is 0 Å². The first-order chi connectivity index (χ1) is 8.74. The van der Waals surface area contributed by atoms with E-state index in [-0.39, 0.29) is 0 Å². The third-order valence-corrected chi connectivity index (χ3v) is 4.34. The molecule has 3 nitrogen and oxygen atoms in total. The van der Waals surface area contributed by atoms with E-state index in [0.29, 0.717) is 11.8 Å². The summed E-state index contributed by atoms with van der Waals surface area (Å²) in [7, 11) is 0. The molecule has 0 spiro atoms. The summed E-state index contributed by atoms with van der Waals surface area (Å²) in [6.45, 7) is 1.57. The van der Waals surface area contributed by atoms with Crippen LogP contribution >= 0.6 is 0 Å². The molecule has 1 amide bonds. The summed E-state index contributed by atoms with van der Waals surface area (Å²) in [6.07, 6.45) is 5.43. The Kier molecular flexibility index (Phi) is 2.98. The standard InChI is InChI=1S/C15H20N2O/c16-14-6-2-5-12-10-17(8-7-13(12)14)15(18)9-11-3-1-4-11/h2,5-6,11H,1,3-4,7-10,16H2. The predicted molar refractivity (Wildman–Crippen MR) is 71.9 cm³/mol. The number of nitrogen functional groups attached to an aromatic ring is 1. The van der Waals surface area contributed by atoms with Crippen molar-refractivity contribution in [3.8, 4) is 0 Å². The summed E-state index contributed by atoms with van der Waals surface area (Å²) in [5.74, 6) is 0.979. The lowest BCUT2D eigenvalue weighted by Crippen LogP contribution is -2.37. The van der Waals surface area contributed by atoms with E-state index in [4.69, 9.17) is 5.73 Å². The lowest BCUT2D eigenvalue weighted by Gasteiger charge is -2.32. The summed E-state index contributed by atoms with van der Waals surface area (Å²) in [5.41, 5.74) is 9.31. The second-order valence-corrected chi connectivity index (χ2v) is 5.55. The van der Waals surface area contributed by atoms with Crippen molar-refractivity contribution in [2.75, 3.05) is 12.3 Å². The Labute approximate surface area is 108 Å². The Bertz CT molecular complexity index is 466. The normalized spacial score (nSPS) is 19.2. The average molecular weight is 244 g/mol. The number of benzene rings is 1. The Morgan fingerprint density at radius 2 is 2.22 bits per heavy atom. The van der Waals surface area contributed by atoms with Gasteiger partial charge in [-0.2, -0.15) is 0 Å². The second kappa shape index (κ2) is 4.63. The number of fused-ring (bicyclic) bond motifs is 1. The molecule has 0 radical (unpaired) electrons. The van der Waals surface area contributed by atoms with Crippen LogP contribution in [0.1, 0.15) is 36.8 Å². The summed E-state index contributed by atoms with van der Waals surface area (Å²) in [5, 5.41) is 0. The highest BCUT2D eigenvalue weighted by Crippen LogP contribution is 2.31. The SMILES string of the molecule is Nc1cccc2c1CCN(C(=O)CC1CCC1)C2. The average Bonchev–Trinajstić information content (AvgIpc) is 2.33. The highest BCUT2D eigenvalue weighted by Gasteiger charge is 2.26. The zero-order valence-electron chi connectivity index (χ0n) is 10.7. The maximum atomic E-state index is 12.2. The van der Waals surface area contributed by atoms with Gasteiger partial charge in [-0.15, -0.1) is 0 Å². The van der Waals surface area contributed by atoms with Crippen LogP contribution in [0.5, 0.6) is 0 Å². The lowest BCUT2D eigenvalue weighted by molar-refractivity contribution is -0.133. The van der Waals surface area contributed by atoms with Crippen molar-refractivity contribution < 1.29 is 4.79 Å². The molecule has 1 aliphatic carbocycles. The Hall–Kier alpha value is -1.51. The maximum absolute atomic E-state index is 12.2. The van der Waals surface area contributed by atoms with E-state index in [9.17, 15) is 4.79 Å². The molecule has 1 heterocycles. The molecule has 18 heavy (non-hydrogen) atoms. The summed E-state index contributed by atoms with van der Waals surface area (Å²) in [6, 6.07) is 6.02. The van der Waals surface area contributed by atoms with E-state index >= 15 is 0 Å². The number of hydrogen-bond donors (Lipinski definition) is 1. The smallest absolute Gasteiger partial charge is 0.223 e. The first-order valence-corrected chi connectivity index (χ1v) is 6.88. The molecule has 2 N–H and O–H groups in total. The number of hydrogen-bond acceptors (Lipinski definition) is 2. The topological polar surface area (TPSA) is 46.3 Å². The van der Waals surface area contributed by atoms with E-state index in [1.54, 1.807) is 0 Å². The number of carbonyl (C=O) groups excluding carboxylic acids is 1. The molecule has 3 rings (SSSR count). The van der Waals surface area contributed by atoms with Gasteiger partial charge in [0.25, 0.3) is 0 Å². The van der Waals surface area contributed by atoms with Crippen LogP contribution in [-0.2, 0) is 17.8 Å². The molecule has 3 heteroatoms. The Balaban J connectivity index is 1.68. The first kappa shape index (κ1) is 11.6. The fourth-order valence-corrected chi connectivity index (χ4v) is 2.92. The van der Waals surface area contributed by atoms with Gasteiger partial charge in [-0.1, -0.05) is 18.6 Å². The number of rotatable bonds is 2. The number of carbonyl (C=O) groups is 1. The lowest BCUT2D eigenvalue weighted by atomic mass is 9.82. The van der Waals surface area contributed by atoms with Gasteiger partial charge in [0.05, 0.1) is 0 Å². The molecule has 2 aliphatic rings. The second-order valence-electron chi connectivity index (χ2n) is 5.55. The highest BCUT2D eigenvalue weighted by molar-refractivity contribution is 5.77. The predicted octanol–water partition coefficient (Wildman–Crippen LogP) is 2.34. The van der Waals surface area contributed by atoms with Crippen molar-refractivity contribution >= 4 is 11.6 Å². The number of amides is 1. The summed E-state index contributed by atoms with van der Waals surface area (Å²) in [4.78, 5) is 14.2. The van der Waals surface area contributed by atoms with Crippen LogP contribution in [0.3, 0.4) is 0 Å². The van der Waals surface area contributed by atoms with Gasteiger partial charge in [-0.25, -0.2) is 0 Å². The molecule has 1 aromatic carbocycles. The van der Waals surface area contributed by atoms with Gasteiger partial charge in [0.2, 0.25) is 5.91 Å². The van der Waals surface area contributed by atoms with Crippen LogP contribution in [0.15, 0.2) is 18.2 Å². The molecule has 1 saturated carbocycles. The minimum Gasteiger partial charge on any atom is -0.398 e. The van der Waals surface area contributed by atoms with Gasteiger partial charge in [-0.05, 0) is 42.4 Å². The molecule has 1 aromatic rings. The Morgan fingerprint density at radius 1 is 1.39 bits per heavy atom. The quantitative estimate of drug-likeness (QED) is 0.812. The van der Waals surface area contributed by atoms with Crippen molar-refractivity contribution in [3.63, 3.8) is 0 Å². The molecule has 96 valence electrons. The third kappa shape index (κ3) is 2.09. The van der Waals surface area contributed by atoms with Crippen molar-refractivity contribution in [2.24, 2.45) is 5.92 Å². The number of nitrogens with two attached hydrogens (primary N) is 1.